The van der Waals surface area contributed by atoms with E-state index in [1.54, 1.807) is 12.4 Å². The number of hydrogen-bond donors (Lipinski definition) is 0. The predicted octanol–water partition coefficient (Wildman–Crippen LogP) is 3.86. The molecule has 0 radical (unpaired) electrons. The van der Waals surface area contributed by atoms with E-state index in [-0.39, 0.29) is 0 Å². The van der Waals surface area contributed by atoms with Gasteiger partial charge in [0.05, 0.1) is 16.6 Å². The smallest absolute Gasteiger partial charge is 0.0886 e. The molecule has 96 valence electrons. The molecule has 0 amide bonds. The van der Waals surface area contributed by atoms with Crippen LogP contribution in [-0.2, 0) is 0 Å². The Morgan fingerprint density at radius 1 is 0.450 bits per heavy atom. The predicted molar refractivity (Wildman–Crippen MR) is 81.3 cm³/mol. The number of nitrogens with zero attached hydrogens (tertiary/aromatic N) is 3. The average molecular weight is 259 g/mol. The summed E-state index contributed by atoms with van der Waals surface area (Å²) in [5.41, 5.74) is 2.96. The van der Waals surface area contributed by atoms with Crippen molar-refractivity contribution in [1.82, 2.24) is 15.0 Å². The van der Waals surface area contributed by atoms with Gasteiger partial charge in [-0.2, -0.15) is 0 Å². The molecule has 20 heavy (non-hydrogen) atoms. The molecule has 0 saturated heterocycles. The minimum absolute atomic E-state index is 0.949. The number of pyridine rings is 3. The molecule has 1 aromatic carbocycles. The zero-order chi connectivity index (χ0) is 13.6. The molecule has 0 aliphatic heterocycles. The van der Waals surface area contributed by atoms with E-state index >= 15 is 0 Å². The lowest BCUT2D eigenvalue weighted by Crippen LogP contribution is -1.78. The highest BCUT2D eigenvalue weighted by atomic mass is 14.7. The normalized spacial score (nSPS) is 10.0. The van der Waals surface area contributed by atoms with Gasteiger partial charge >= 0.3 is 0 Å². The monoisotopic (exact) mass is 259 g/mol. The largest absolute Gasteiger partial charge is 0.256 e. The minimum atomic E-state index is 0.949. The second-order valence-corrected chi connectivity index (χ2v) is 4.24. The second kappa shape index (κ2) is 5.89. The number of para-hydroxylation sites is 1. The Morgan fingerprint density at radius 3 is 1.55 bits per heavy atom. The molecule has 3 heterocycles. The zero-order valence-electron chi connectivity index (χ0n) is 10.8. The van der Waals surface area contributed by atoms with Crippen LogP contribution in [0, 0.1) is 0 Å². The van der Waals surface area contributed by atoms with Gasteiger partial charge < -0.3 is 0 Å². The van der Waals surface area contributed by atoms with Crippen molar-refractivity contribution in [1.29, 1.82) is 0 Å². The van der Waals surface area contributed by atoms with E-state index in [4.69, 9.17) is 0 Å². The Bertz CT molecular complexity index is 625. The summed E-state index contributed by atoms with van der Waals surface area (Å²) in [5.74, 6) is 0. The molecule has 0 atom stereocenters. The highest BCUT2D eigenvalue weighted by Gasteiger charge is 1.88. The van der Waals surface area contributed by atoms with E-state index < -0.39 is 0 Å². The molecule has 0 aliphatic carbocycles. The van der Waals surface area contributed by atoms with Gasteiger partial charge in [0.1, 0.15) is 0 Å². The molecule has 3 heteroatoms. The molecule has 0 N–H and O–H groups in total. The Kier molecular flexibility index (Phi) is 3.60. The zero-order valence-corrected chi connectivity index (χ0v) is 10.8. The average Bonchev–Trinajstić information content (AvgIpc) is 2.56. The number of aromatic nitrogens is 3. The highest BCUT2D eigenvalue weighted by Crippen LogP contribution is 2.08. The van der Waals surface area contributed by atoms with Crippen LogP contribution >= 0.6 is 0 Å². The van der Waals surface area contributed by atoms with Crippen molar-refractivity contribution in [3.8, 4) is 0 Å². The van der Waals surface area contributed by atoms with E-state index in [0.29, 0.717) is 0 Å². The van der Waals surface area contributed by atoms with E-state index in [9.17, 15) is 0 Å². The van der Waals surface area contributed by atoms with Crippen LogP contribution in [0.25, 0.3) is 21.9 Å². The summed E-state index contributed by atoms with van der Waals surface area (Å²) < 4.78 is 0. The topological polar surface area (TPSA) is 38.7 Å². The first kappa shape index (κ1) is 12.2. The molecule has 4 rings (SSSR count). The number of fused-ring (bicyclic) bond motifs is 2. The first-order valence-corrected chi connectivity index (χ1v) is 6.39. The first-order valence-electron chi connectivity index (χ1n) is 6.39. The van der Waals surface area contributed by atoms with E-state index in [1.165, 1.54) is 5.39 Å². The summed E-state index contributed by atoms with van der Waals surface area (Å²) in [4.78, 5) is 12.4. The third-order valence-corrected chi connectivity index (χ3v) is 2.88. The molecule has 0 fully saturated rings. The van der Waals surface area contributed by atoms with Crippen LogP contribution < -0.4 is 0 Å². The van der Waals surface area contributed by atoms with Gasteiger partial charge in [0.25, 0.3) is 0 Å². The standard InChI is InChI=1S/C9H7N.C8H6N2/c1-2-6-9-8(4-1)5-3-7-10-9;1-3-7-8(9-5-1)4-2-6-10-7/h1-7H;1-6H. The summed E-state index contributed by atoms with van der Waals surface area (Å²) >= 11 is 0. The fourth-order valence-electron chi connectivity index (χ4n) is 1.92. The second-order valence-electron chi connectivity index (χ2n) is 4.24. The molecule has 4 aromatic rings. The fraction of sp³-hybridized carbons (Fsp3) is 0. The van der Waals surface area contributed by atoms with Crippen LogP contribution in [0.5, 0.6) is 0 Å². The third-order valence-electron chi connectivity index (χ3n) is 2.88. The van der Waals surface area contributed by atoms with Gasteiger partial charge in [-0.05, 0) is 36.4 Å². The highest BCUT2D eigenvalue weighted by molar-refractivity contribution is 5.77. The van der Waals surface area contributed by atoms with E-state index in [2.05, 4.69) is 27.1 Å². The van der Waals surface area contributed by atoms with Crippen LogP contribution in [0.4, 0.5) is 0 Å². The van der Waals surface area contributed by atoms with Gasteiger partial charge in [0.2, 0.25) is 0 Å². The van der Waals surface area contributed by atoms with Gasteiger partial charge in [0, 0.05) is 24.0 Å². The minimum Gasteiger partial charge on any atom is -0.256 e. The SMILES string of the molecule is c1ccc2ncccc2c1.c1cnc2cccnc2c1. The molecule has 0 saturated carbocycles. The van der Waals surface area contributed by atoms with Crippen molar-refractivity contribution in [2.45, 2.75) is 0 Å². The molecule has 0 spiro atoms. The van der Waals surface area contributed by atoms with Gasteiger partial charge in [0.15, 0.2) is 0 Å². The summed E-state index contributed by atoms with van der Waals surface area (Å²) in [6.07, 6.45) is 5.34. The molecular weight excluding hydrogens is 246 g/mol. The van der Waals surface area contributed by atoms with E-state index in [0.717, 1.165) is 16.6 Å². The molecule has 3 aromatic heterocycles. The molecule has 0 bridgehead atoms. The van der Waals surface area contributed by atoms with Crippen LogP contribution in [0.1, 0.15) is 0 Å². The summed E-state index contributed by atoms with van der Waals surface area (Å²) in [6, 6.07) is 19.7. The number of benzene rings is 1. The number of hydrogen-bond acceptors (Lipinski definition) is 3. The van der Waals surface area contributed by atoms with Crippen molar-refractivity contribution in [3.05, 3.63) is 79.3 Å². The fourth-order valence-corrected chi connectivity index (χ4v) is 1.92. The molecule has 0 unspecified atom stereocenters. The summed E-state index contributed by atoms with van der Waals surface area (Å²) in [5, 5.41) is 1.20. The quantitative estimate of drug-likeness (QED) is 0.481. The van der Waals surface area contributed by atoms with Gasteiger partial charge in [-0.15, -0.1) is 0 Å². The Labute approximate surface area is 117 Å². The first-order chi connectivity index (χ1) is 9.93. The van der Waals surface area contributed by atoms with Crippen molar-refractivity contribution in [2.24, 2.45) is 0 Å². The van der Waals surface area contributed by atoms with Crippen molar-refractivity contribution in [2.75, 3.05) is 0 Å². The van der Waals surface area contributed by atoms with Crippen LogP contribution in [-0.4, -0.2) is 15.0 Å². The lowest BCUT2D eigenvalue weighted by Gasteiger charge is -1.91. The molecule has 3 nitrogen and oxygen atoms in total. The Morgan fingerprint density at radius 2 is 0.900 bits per heavy atom. The number of rotatable bonds is 0. The molecule has 0 aliphatic rings. The lowest BCUT2D eigenvalue weighted by atomic mass is 10.2. The summed E-state index contributed by atoms with van der Waals surface area (Å²) in [7, 11) is 0. The lowest BCUT2D eigenvalue weighted by molar-refractivity contribution is 1.34. The van der Waals surface area contributed by atoms with Gasteiger partial charge in [-0.3, -0.25) is 15.0 Å². The van der Waals surface area contributed by atoms with Crippen LogP contribution in [0.3, 0.4) is 0 Å². The van der Waals surface area contributed by atoms with Crippen molar-refractivity contribution in [3.63, 3.8) is 0 Å². The van der Waals surface area contributed by atoms with Crippen molar-refractivity contribution < 1.29 is 0 Å². The van der Waals surface area contributed by atoms with Crippen LogP contribution in [0.15, 0.2) is 79.3 Å². The maximum absolute atomic E-state index is 4.18. The maximum Gasteiger partial charge on any atom is 0.0886 e. The third kappa shape index (κ3) is 2.78. The summed E-state index contributed by atoms with van der Waals surface area (Å²) in [6.45, 7) is 0. The maximum atomic E-state index is 4.18. The molecular formula is C17H13N3. The van der Waals surface area contributed by atoms with Crippen LogP contribution in [0.2, 0.25) is 0 Å². The van der Waals surface area contributed by atoms with Gasteiger partial charge in [-0.1, -0.05) is 24.3 Å². The Hall–Kier alpha value is -2.81. The van der Waals surface area contributed by atoms with E-state index in [1.807, 2.05) is 54.7 Å². The Balaban J connectivity index is 0.000000121. The van der Waals surface area contributed by atoms with Gasteiger partial charge in [-0.25, -0.2) is 0 Å². The van der Waals surface area contributed by atoms with Crippen molar-refractivity contribution >= 4 is 21.9 Å².